The van der Waals surface area contributed by atoms with Crippen molar-refractivity contribution < 1.29 is 4.39 Å². The van der Waals surface area contributed by atoms with Crippen LogP contribution in [0.3, 0.4) is 0 Å². The molecule has 1 saturated heterocycles. The molecule has 5 rings (SSSR count). The normalized spacial score (nSPS) is 15.3. The number of halogens is 1. The van der Waals surface area contributed by atoms with Gasteiger partial charge in [0, 0.05) is 24.8 Å². The minimum absolute atomic E-state index is 0.294. The van der Waals surface area contributed by atoms with Gasteiger partial charge < -0.3 is 4.90 Å². The third-order valence-electron chi connectivity index (χ3n) is 4.82. The van der Waals surface area contributed by atoms with E-state index in [0.29, 0.717) is 16.9 Å². The number of hydrogen-bond acceptors (Lipinski definition) is 4. The summed E-state index contributed by atoms with van der Waals surface area (Å²) in [6, 6.07) is 7.23. The van der Waals surface area contributed by atoms with Crippen molar-refractivity contribution in [1.29, 1.82) is 0 Å². The van der Waals surface area contributed by atoms with E-state index in [1.165, 1.54) is 12.5 Å². The van der Waals surface area contributed by atoms with Crippen LogP contribution in [-0.4, -0.2) is 37.9 Å². The smallest absolute Gasteiger partial charge is 0.160 e. The van der Waals surface area contributed by atoms with E-state index in [0.717, 1.165) is 42.7 Å². The highest BCUT2D eigenvalue weighted by Crippen LogP contribution is 2.31. The minimum atomic E-state index is -0.356. The molecule has 1 aliphatic rings. The van der Waals surface area contributed by atoms with E-state index >= 15 is 0 Å². The molecule has 1 fully saturated rings. The van der Waals surface area contributed by atoms with Crippen LogP contribution in [0.25, 0.3) is 27.8 Å². The van der Waals surface area contributed by atoms with E-state index in [9.17, 15) is 4.39 Å². The van der Waals surface area contributed by atoms with Crippen LogP contribution >= 0.6 is 0 Å². The van der Waals surface area contributed by atoms with Gasteiger partial charge in [-0.15, -0.1) is 0 Å². The Morgan fingerprint density at radius 1 is 1.12 bits per heavy atom. The van der Waals surface area contributed by atoms with Crippen molar-refractivity contribution in [3.63, 3.8) is 0 Å². The van der Waals surface area contributed by atoms with Gasteiger partial charge in [0.15, 0.2) is 17.3 Å². The van der Waals surface area contributed by atoms with Crippen molar-refractivity contribution in [3.05, 3.63) is 42.5 Å². The van der Waals surface area contributed by atoms with E-state index in [1.807, 2.05) is 24.4 Å². The number of anilines is 1. The Kier molecular flexibility index (Phi) is 3.19. The highest BCUT2D eigenvalue weighted by atomic mass is 19.1. The number of piperidine rings is 1. The molecule has 0 spiro atoms. The molecule has 0 radical (unpaired) electrons. The number of aromatic nitrogens is 5. The highest BCUT2D eigenvalue weighted by Gasteiger charge is 2.20. The predicted octanol–water partition coefficient (Wildman–Crippen LogP) is 3.40. The number of nitrogens with zero attached hydrogens (tertiary/aromatic N) is 5. The molecule has 0 aromatic carbocycles. The number of nitrogens with one attached hydrogen (secondary N) is 1. The van der Waals surface area contributed by atoms with Crippen LogP contribution in [-0.2, 0) is 0 Å². The molecule has 0 unspecified atom stereocenters. The zero-order valence-corrected chi connectivity index (χ0v) is 13.6. The van der Waals surface area contributed by atoms with Gasteiger partial charge in [0.1, 0.15) is 5.69 Å². The van der Waals surface area contributed by atoms with Gasteiger partial charge >= 0.3 is 0 Å². The van der Waals surface area contributed by atoms with Crippen LogP contribution in [0.4, 0.5) is 10.2 Å². The van der Waals surface area contributed by atoms with E-state index < -0.39 is 0 Å². The largest absolute Gasteiger partial charge is 0.355 e. The van der Waals surface area contributed by atoms with Crippen molar-refractivity contribution >= 4 is 22.4 Å². The third-order valence-corrected chi connectivity index (χ3v) is 4.82. The molecule has 0 atom stereocenters. The standard InChI is InChI=1S/C18H17FN6/c19-14-10-12-17(22-23-18(12)24-7-3-1-4-8-24)21-16(14)13-11-20-25-9-5-2-6-15(13)25/h2,5-6,9-11H,1,3-4,7-8H2,(H,21,22,23). The maximum Gasteiger partial charge on any atom is 0.160 e. The van der Waals surface area contributed by atoms with Gasteiger partial charge in [0.2, 0.25) is 0 Å². The van der Waals surface area contributed by atoms with Crippen LogP contribution in [0.2, 0.25) is 0 Å². The Hall–Kier alpha value is -2.96. The average Bonchev–Trinajstić information content (AvgIpc) is 3.25. The number of fused-ring (bicyclic) bond motifs is 2. The number of H-pyrrole nitrogens is 1. The molecule has 1 N–H and O–H groups in total. The lowest BCUT2D eigenvalue weighted by Gasteiger charge is -2.26. The molecule has 25 heavy (non-hydrogen) atoms. The van der Waals surface area contributed by atoms with Gasteiger partial charge in [-0.05, 0) is 37.5 Å². The summed E-state index contributed by atoms with van der Waals surface area (Å²) in [5.41, 5.74) is 2.40. The van der Waals surface area contributed by atoms with Gasteiger partial charge in [0.05, 0.1) is 17.1 Å². The second kappa shape index (κ2) is 5.54. The van der Waals surface area contributed by atoms with Gasteiger partial charge in [-0.3, -0.25) is 5.10 Å². The number of aromatic amines is 1. The fourth-order valence-corrected chi connectivity index (χ4v) is 3.56. The summed E-state index contributed by atoms with van der Waals surface area (Å²) >= 11 is 0. The van der Waals surface area contributed by atoms with Crippen molar-refractivity contribution in [2.24, 2.45) is 0 Å². The maximum absolute atomic E-state index is 14.9. The first kappa shape index (κ1) is 14.4. The predicted molar refractivity (Wildman–Crippen MR) is 94.1 cm³/mol. The van der Waals surface area contributed by atoms with Gasteiger partial charge in [-0.1, -0.05) is 6.07 Å². The molecule has 5 heterocycles. The molecule has 4 aromatic heterocycles. The first-order valence-electron chi connectivity index (χ1n) is 8.53. The second-order valence-electron chi connectivity index (χ2n) is 6.40. The zero-order valence-electron chi connectivity index (χ0n) is 13.6. The lowest BCUT2D eigenvalue weighted by molar-refractivity contribution is 0.574. The molecule has 6 nitrogen and oxygen atoms in total. The van der Waals surface area contributed by atoms with Crippen molar-refractivity contribution in [1.82, 2.24) is 24.8 Å². The second-order valence-corrected chi connectivity index (χ2v) is 6.40. The Morgan fingerprint density at radius 3 is 2.88 bits per heavy atom. The average molecular weight is 336 g/mol. The summed E-state index contributed by atoms with van der Waals surface area (Å²) in [5.74, 6) is 0.443. The molecule has 7 heteroatoms. The molecule has 1 aliphatic heterocycles. The molecule has 4 aromatic rings. The van der Waals surface area contributed by atoms with Crippen LogP contribution in [0.1, 0.15) is 19.3 Å². The van der Waals surface area contributed by atoms with Gasteiger partial charge in [0.25, 0.3) is 0 Å². The van der Waals surface area contributed by atoms with E-state index in [1.54, 1.807) is 10.7 Å². The molecular formula is C18H17FN6. The molecule has 0 amide bonds. The number of hydrogen-bond donors (Lipinski definition) is 1. The van der Waals surface area contributed by atoms with Crippen molar-refractivity contribution in [2.45, 2.75) is 19.3 Å². The lowest BCUT2D eigenvalue weighted by Crippen LogP contribution is -2.29. The zero-order chi connectivity index (χ0) is 16.8. The molecular weight excluding hydrogens is 319 g/mol. The monoisotopic (exact) mass is 336 g/mol. The Labute approximate surface area is 143 Å². The first-order chi connectivity index (χ1) is 12.3. The Morgan fingerprint density at radius 2 is 2.00 bits per heavy atom. The van der Waals surface area contributed by atoms with Crippen molar-refractivity contribution in [3.8, 4) is 11.3 Å². The first-order valence-corrected chi connectivity index (χ1v) is 8.53. The fourth-order valence-electron chi connectivity index (χ4n) is 3.56. The quantitative estimate of drug-likeness (QED) is 0.609. The molecule has 0 bridgehead atoms. The van der Waals surface area contributed by atoms with Gasteiger partial charge in [-0.2, -0.15) is 10.2 Å². The maximum atomic E-state index is 14.9. The molecule has 0 aliphatic carbocycles. The summed E-state index contributed by atoms with van der Waals surface area (Å²) in [6.45, 7) is 1.91. The summed E-state index contributed by atoms with van der Waals surface area (Å²) < 4.78 is 16.6. The summed E-state index contributed by atoms with van der Waals surface area (Å²) in [6.07, 6.45) is 7.01. The Balaban J connectivity index is 1.65. The topological polar surface area (TPSA) is 62.1 Å². The summed E-state index contributed by atoms with van der Waals surface area (Å²) in [7, 11) is 0. The SMILES string of the molecule is Fc1cc2c(N3CCCCC3)n[nH]c2nc1-c1cnn2ccccc12. The lowest BCUT2D eigenvalue weighted by atomic mass is 10.1. The van der Waals surface area contributed by atoms with Crippen LogP contribution in [0.15, 0.2) is 36.7 Å². The van der Waals surface area contributed by atoms with Gasteiger partial charge in [-0.25, -0.2) is 13.9 Å². The number of pyridine rings is 2. The summed E-state index contributed by atoms with van der Waals surface area (Å²) in [4.78, 5) is 6.72. The minimum Gasteiger partial charge on any atom is -0.355 e. The summed E-state index contributed by atoms with van der Waals surface area (Å²) in [5, 5.41) is 12.4. The van der Waals surface area contributed by atoms with Crippen LogP contribution < -0.4 is 4.90 Å². The van der Waals surface area contributed by atoms with Crippen molar-refractivity contribution in [2.75, 3.05) is 18.0 Å². The number of rotatable bonds is 2. The van der Waals surface area contributed by atoms with Crippen LogP contribution in [0.5, 0.6) is 0 Å². The molecule has 126 valence electrons. The van der Waals surface area contributed by atoms with Crippen LogP contribution in [0, 0.1) is 5.82 Å². The van der Waals surface area contributed by atoms with E-state index in [4.69, 9.17) is 0 Å². The van der Waals surface area contributed by atoms with E-state index in [-0.39, 0.29) is 5.82 Å². The fraction of sp³-hybridized carbons (Fsp3) is 0.278. The highest BCUT2D eigenvalue weighted by molar-refractivity contribution is 5.90. The molecule has 0 saturated carbocycles. The third kappa shape index (κ3) is 2.26. The Bertz CT molecular complexity index is 1060. The van der Waals surface area contributed by atoms with E-state index in [2.05, 4.69) is 25.2 Å².